The van der Waals surface area contributed by atoms with Crippen LogP contribution < -0.4 is 20.7 Å². The van der Waals surface area contributed by atoms with Crippen molar-refractivity contribution < 1.29 is 19.4 Å². The summed E-state index contributed by atoms with van der Waals surface area (Å²) in [5.41, 5.74) is -0.601. The highest BCUT2D eigenvalue weighted by atomic mass is 16.7. The summed E-state index contributed by atoms with van der Waals surface area (Å²) >= 11 is 0. The minimum atomic E-state index is -1.32. The molecule has 0 saturated heterocycles. The maximum absolute atomic E-state index is 12.0. The van der Waals surface area contributed by atoms with Crippen molar-refractivity contribution >= 4 is 16.9 Å². The molecule has 3 N–H and O–H groups in total. The zero-order valence-corrected chi connectivity index (χ0v) is 9.04. The van der Waals surface area contributed by atoms with E-state index in [9.17, 15) is 9.59 Å². The SMILES string of the molecule is Nn1cc(C(=O)O)c(=O)c2cc3c(cc21)OCO3. The Kier molecular flexibility index (Phi) is 1.97. The van der Waals surface area contributed by atoms with Gasteiger partial charge in [0, 0.05) is 12.3 Å². The third-order valence-electron chi connectivity index (χ3n) is 2.76. The number of rotatable bonds is 1. The molecule has 1 aromatic heterocycles. The molecule has 0 fully saturated rings. The fourth-order valence-corrected chi connectivity index (χ4v) is 1.89. The molecule has 0 spiro atoms. The number of nitrogens with two attached hydrogens (primary N) is 1. The van der Waals surface area contributed by atoms with Crippen molar-refractivity contribution in [3.63, 3.8) is 0 Å². The Hall–Kier alpha value is -2.70. The van der Waals surface area contributed by atoms with Gasteiger partial charge in [-0.2, -0.15) is 0 Å². The maximum Gasteiger partial charge on any atom is 0.341 e. The van der Waals surface area contributed by atoms with Gasteiger partial charge in [0.25, 0.3) is 0 Å². The molecule has 0 bridgehead atoms. The Morgan fingerprint density at radius 2 is 2.00 bits per heavy atom. The highest BCUT2D eigenvalue weighted by Crippen LogP contribution is 2.34. The van der Waals surface area contributed by atoms with Gasteiger partial charge in [-0.1, -0.05) is 0 Å². The number of benzene rings is 1. The van der Waals surface area contributed by atoms with E-state index in [1.807, 2.05) is 0 Å². The first-order valence-electron chi connectivity index (χ1n) is 5.05. The van der Waals surface area contributed by atoms with Crippen LogP contribution in [0.25, 0.3) is 10.9 Å². The summed E-state index contributed by atoms with van der Waals surface area (Å²) in [5.74, 6) is 5.24. The minimum absolute atomic E-state index is 0.0657. The van der Waals surface area contributed by atoms with Gasteiger partial charge in [0.15, 0.2) is 11.5 Å². The molecule has 2 aromatic rings. The van der Waals surface area contributed by atoms with Crippen LogP contribution in [0.5, 0.6) is 11.5 Å². The van der Waals surface area contributed by atoms with Crippen molar-refractivity contribution in [3.8, 4) is 11.5 Å². The van der Waals surface area contributed by atoms with Crippen LogP contribution in [-0.4, -0.2) is 22.5 Å². The summed E-state index contributed by atoms with van der Waals surface area (Å²) < 4.78 is 11.4. The molecule has 3 rings (SSSR count). The molecule has 0 saturated carbocycles. The first kappa shape index (κ1) is 10.5. The normalized spacial score (nSPS) is 12.9. The molecule has 2 heterocycles. The van der Waals surface area contributed by atoms with E-state index in [1.54, 1.807) is 6.07 Å². The van der Waals surface area contributed by atoms with Gasteiger partial charge < -0.3 is 20.4 Å². The van der Waals surface area contributed by atoms with Crippen LogP contribution in [0.4, 0.5) is 0 Å². The van der Waals surface area contributed by atoms with Crippen LogP contribution in [0.1, 0.15) is 10.4 Å². The highest BCUT2D eigenvalue weighted by Gasteiger charge is 2.19. The van der Waals surface area contributed by atoms with Crippen LogP contribution >= 0.6 is 0 Å². The van der Waals surface area contributed by atoms with E-state index in [0.29, 0.717) is 17.0 Å². The van der Waals surface area contributed by atoms with Crippen molar-refractivity contribution in [3.05, 3.63) is 34.1 Å². The van der Waals surface area contributed by atoms with Gasteiger partial charge in [0.05, 0.1) is 10.9 Å². The number of ether oxygens (including phenoxy) is 2. The summed E-state index contributed by atoms with van der Waals surface area (Å²) in [6, 6.07) is 2.99. The second kappa shape index (κ2) is 3.39. The Labute approximate surface area is 99.9 Å². The number of aromatic carboxylic acids is 1. The predicted molar refractivity (Wildman–Crippen MR) is 61.4 cm³/mol. The number of carboxylic acids is 1. The molecular formula is C11H8N2O5. The second-order valence-electron chi connectivity index (χ2n) is 3.81. The predicted octanol–water partition coefficient (Wildman–Crippen LogP) is 0.142. The number of nitrogens with zero attached hydrogens (tertiary/aromatic N) is 1. The first-order valence-corrected chi connectivity index (χ1v) is 5.05. The fraction of sp³-hybridized carbons (Fsp3) is 0.0909. The molecule has 18 heavy (non-hydrogen) atoms. The van der Waals surface area contributed by atoms with E-state index in [-0.39, 0.29) is 17.7 Å². The lowest BCUT2D eigenvalue weighted by Crippen LogP contribution is -2.22. The monoisotopic (exact) mass is 248 g/mol. The van der Waals surface area contributed by atoms with E-state index in [4.69, 9.17) is 20.4 Å². The van der Waals surface area contributed by atoms with E-state index in [1.165, 1.54) is 6.07 Å². The van der Waals surface area contributed by atoms with Crippen molar-refractivity contribution in [1.82, 2.24) is 4.68 Å². The molecule has 1 aliphatic rings. The van der Waals surface area contributed by atoms with Crippen molar-refractivity contribution in [1.29, 1.82) is 0 Å². The summed E-state index contributed by atoms with van der Waals surface area (Å²) in [6.07, 6.45) is 1.08. The number of carboxylic acid groups (broad SMARTS) is 1. The van der Waals surface area contributed by atoms with Crippen LogP contribution in [0.15, 0.2) is 23.1 Å². The van der Waals surface area contributed by atoms with Gasteiger partial charge in [0.1, 0.15) is 5.56 Å². The Balaban J connectivity index is 2.43. The van der Waals surface area contributed by atoms with Gasteiger partial charge in [-0.15, -0.1) is 0 Å². The average Bonchev–Trinajstić information content (AvgIpc) is 2.78. The van der Waals surface area contributed by atoms with Gasteiger partial charge in [-0.05, 0) is 6.07 Å². The number of pyridine rings is 1. The maximum atomic E-state index is 12.0. The van der Waals surface area contributed by atoms with E-state index in [2.05, 4.69) is 0 Å². The number of nitrogen functional groups attached to an aromatic ring is 1. The molecule has 92 valence electrons. The zero-order valence-electron chi connectivity index (χ0n) is 9.04. The molecule has 0 amide bonds. The van der Waals surface area contributed by atoms with Crippen LogP contribution in [0, 0.1) is 0 Å². The Morgan fingerprint density at radius 1 is 1.33 bits per heavy atom. The van der Waals surface area contributed by atoms with Crippen LogP contribution in [-0.2, 0) is 0 Å². The number of fused-ring (bicyclic) bond motifs is 2. The van der Waals surface area contributed by atoms with Crippen molar-refractivity contribution in [2.75, 3.05) is 12.6 Å². The Bertz CT molecular complexity index is 734. The van der Waals surface area contributed by atoms with E-state index in [0.717, 1.165) is 10.9 Å². The van der Waals surface area contributed by atoms with Gasteiger partial charge in [-0.25, -0.2) is 4.79 Å². The lowest BCUT2D eigenvalue weighted by molar-refractivity contribution is 0.0695. The van der Waals surface area contributed by atoms with Crippen molar-refractivity contribution in [2.24, 2.45) is 0 Å². The van der Waals surface area contributed by atoms with Crippen LogP contribution in [0.2, 0.25) is 0 Å². The lowest BCUT2D eigenvalue weighted by Gasteiger charge is -2.07. The number of carbonyl (C=O) groups is 1. The summed E-state index contributed by atoms with van der Waals surface area (Å²) in [6.45, 7) is 0.0657. The third-order valence-corrected chi connectivity index (χ3v) is 2.76. The molecule has 0 unspecified atom stereocenters. The minimum Gasteiger partial charge on any atom is -0.477 e. The topological polar surface area (TPSA) is 104 Å². The van der Waals surface area contributed by atoms with E-state index >= 15 is 0 Å². The summed E-state index contributed by atoms with van der Waals surface area (Å²) in [4.78, 5) is 22.9. The molecule has 7 nitrogen and oxygen atoms in total. The molecule has 1 aromatic carbocycles. The summed E-state index contributed by atoms with van der Waals surface area (Å²) in [5, 5.41) is 9.10. The van der Waals surface area contributed by atoms with E-state index < -0.39 is 11.4 Å². The standard InChI is InChI=1S/C11H8N2O5/c12-13-3-6(11(15)16)10(14)5-1-8-9(2-7(5)13)18-4-17-8/h1-3H,4,12H2,(H,15,16). The van der Waals surface area contributed by atoms with Gasteiger partial charge >= 0.3 is 5.97 Å². The average molecular weight is 248 g/mol. The van der Waals surface area contributed by atoms with Gasteiger partial charge in [-0.3, -0.25) is 9.47 Å². The summed E-state index contributed by atoms with van der Waals surface area (Å²) in [7, 11) is 0. The third kappa shape index (κ3) is 1.30. The Morgan fingerprint density at radius 3 is 2.67 bits per heavy atom. The van der Waals surface area contributed by atoms with Crippen molar-refractivity contribution in [2.45, 2.75) is 0 Å². The number of hydrogen-bond acceptors (Lipinski definition) is 5. The molecular weight excluding hydrogens is 240 g/mol. The molecule has 0 aliphatic carbocycles. The first-order chi connectivity index (χ1) is 8.58. The number of aromatic nitrogens is 1. The van der Waals surface area contributed by atoms with Crippen LogP contribution in [0.3, 0.4) is 0 Å². The quantitative estimate of drug-likeness (QED) is 0.696. The molecule has 0 atom stereocenters. The largest absolute Gasteiger partial charge is 0.477 e. The lowest BCUT2D eigenvalue weighted by atomic mass is 10.1. The fourth-order valence-electron chi connectivity index (χ4n) is 1.89. The molecule has 0 radical (unpaired) electrons. The number of hydrogen-bond donors (Lipinski definition) is 2. The second-order valence-corrected chi connectivity index (χ2v) is 3.81. The molecule has 1 aliphatic heterocycles. The zero-order chi connectivity index (χ0) is 12.9. The molecule has 7 heteroatoms. The van der Waals surface area contributed by atoms with Gasteiger partial charge in [0.2, 0.25) is 12.2 Å². The highest BCUT2D eigenvalue weighted by molar-refractivity contribution is 5.93. The smallest absolute Gasteiger partial charge is 0.341 e.